The minimum absolute atomic E-state index is 0.00685. The Kier molecular flexibility index (Phi) is 4.09. The monoisotopic (exact) mass is 241 g/mol. The van der Waals surface area contributed by atoms with Crippen LogP contribution in [-0.2, 0) is 9.59 Å². The van der Waals surface area contributed by atoms with Crippen LogP contribution in [0.1, 0.15) is 33.6 Å². The summed E-state index contributed by atoms with van der Waals surface area (Å²) in [5.74, 6) is -0.734. The van der Waals surface area contributed by atoms with Crippen molar-refractivity contribution < 1.29 is 14.4 Å². The van der Waals surface area contributed by atoms with Crippen LogP contribution in [0.5, 0.6) is 0 Å². The summed E-state index contributed by atoms with van der Waals surface area (Å²) < 4.78 is 0. The number of hydrogen-bond donors (Lipinski definition) is 3. The normalized spacial score (nSPS) is 20.5. The number of rotatable bonds is 3. The van der Waals surface area contributed by atoms with Crippen molar-refractivity contribution in [2.75, 3.05) is 6.54 Å². The van der Waals surface area contributed by atoms with Crippen molar-refractivity contribution in [1.82, 2.24) is 16.0 Å². The summed E-state index contributed by atoms with van der Waals surface area (Å²) in [4.78, 5) is 33.7. The zero-order valence-corrected chi connectivity index (χ0v) is 10.4. The van der Waals surface area contributed by atoms with Gasteiger partial charge in [-0.05, 0) is 11.8 Å². The standard InChI is InChI=1S/C11H19N3O3/c1-11(2,3)4-5-12-9(16)7-6-8(15)14-10(17)13-7/h7H,4-6H2,1-3H3,(H,12,16)(H2,13,14,15,17). The van der Waals surface area contributed by atoms with Crippen LogP contribution in [0.15, 0.2) is 0 Å². The molecule has 1 saturated heterocycles. The highest BCUT2D eigenvalue weighted by Crippen LogP contribution is 2.16. The Balaban J connectivity index is 2.37. The molecule has 6 heteroatoms. The van der Waals surface area contributed by atoms with Crippen molar-refractivity contribution in [2.45, 2.75) is 39.7 Å². The van der Waals surface area contributed by atoms with Gasteiger partial charge in [-0.15, -0.1) is 0 Å². The van der Waals surface area contributed by atoms with Gasteiger partial charge in [0.05, 0.1) is 6.42 Å². The van der Waals surface area contributed by atoms with Gasteiger partial charge in [0.15, 0.2) is 0 Å². The van der Waals surface area contributed by atoms with E-state index in [-0.39, 0.29) is 17.7 Å². The van der Waals surface area contributed by atoms with E-state index < -0.39 is 18.0 Å². The molecule has 4 amide bonds. The van der Waals surface area contributed by atoms with E-state index in [1.165, 1.54) is 0 Å². The summed E-state index contributed by atoms with van der Waals surface area (Å²) >= 11 is 0. The molecule has 1 fully saturated rings. The lowest BCUT2D eigenvalue weighted by atomic mass is 9.92. The van der Waals surface area contributed by atoms with Gasteiger partial charge < -0.3 is 10.6 Å². The number of imide groups is 1. The predicted octanol–water partition coefficient (Wildman–Crippen LogP) is 0.137. The molecular weight excluding hydrogens is 222 g/mol. The predicted molar refractivity (Wildman–Crippen MR) is 62.2 cm³/mol. The molecule has 1 aliphatic rings. The fraction of sp³-hybridized carbons (Fsp3) is 0.727. The summed E-state index contributed by atoms with van der Waals surface area (Å²) in [6, 6.07) is -1.37. The smallest absolute Gasteiger partial charge is 0.322 e. The van der Waals surface area contributed by atoms with Crippen LogP contribution in [0.2, 0.25) is 0 Å². The molecular formula is C11H19N3O3. The second-order valence-corrected chi connectivity index (χ2v) is 5.38. The Morgan fingerprint density at radius 2 is 2.06 bits per heavy atom. The second kappa shape index (κ2) is 5.16. The van der Waals surface area contributed by atoms with Crippen LogP contribution in [0, 0.1) is 5.41 Å². The largest absolute Gasteiger partial charge is 0.354 e. The fourth-order valence-corrected chi connectivity index (χ4v) is 1.45. The van der Waals surface area contributed by atoms with E-state index >= 15 is 0 Å². The Morgan fingerprint density at radius 3 is 2.59 bits per heavy atom. The zero-order valence-electron chi connectivity index (χ0n) is 10.4. The first-order chi connectivity index (χ1) is 7.78. The SMILES string of the molecule is CC(C)(C)CCNC(=O)C1CC(=O)NC(=O)N1. The Bertz CT molecular complexity index is 317. The molecule has 0 aromatic rings. The van der Waals surface area contributed by atoms with Crippen LogP contribution >= 0.6 is 0 Å². The van der Waals surface area contributed by atoms with Crippen molar-refractivity contribution >= 4 is 17.8 Å². The number of hydrogen-bond acceptors (Lipinski definition) is 3. The minimum Gasteiger partial charge on any atom is -0.354 e. The lowest BCUT2D eigenvalue weighted by Crippen LogP contribution is -2.57. The molecule has 1 unspecified atom stereocenters. The maximum Gasteiger partial charge on any atom is 0.322 e. The first kappa shape index (κ1) is 13.5. The molecule has 1 heterocycles. The highest BCUT2D eigenvalue weighted by atomic mass is 16.2. The lowest BCUT2D eigenvalue weighted by molar-refractivity contribution is -0.128. The van der Waals surface area contributed by atoms with E-state index in [0.717, 1.165) is 6.42 Å². The molecule has 0 bridgehead atoms. The van der Waals surface area contributed by atoms with Crippen LogP contribution < -0.4 is 16.0 Å². The van der Waals surface area contributed by atoms with Crippen LogP contribution in [-0.4, -0.2) is 30.4 Å². The highest BCUT2D eigenvalue weighted by molar-refractivity contribution is 6.02. The molecule has 0 aliphatic carbocycles. The summed E-state index contributed by atoms with van der Waals surface area (Å²) in [5, 5.41) is 7.20. The van der Waals surface area contributed by atoms with E-state index in [1.807, 2.05) is 0 Å². The fourth-order valence-electron chi connectivity index (χ4n) is 1.45. The van der Waals surface area contributed by atoms with Crippen LogP contribution in [0.25, 0.3) is 0 Å². The third-order valence-electron chi connectivity index (χ3n) is 2.44. The van der Waals surface area contributed by atoms with Crippen LogP contribution in [0.3, 0.4) is 0 Å². The van der Waals surface area contributed by atoms with E-state index in [0.29, 0.717) is 6.54 Å². The van der Waals surface area contributed by atoms with Gasteiger partial charge >= 0.3 is 6.03 Å². The van der Waals surface area contributed by atoms with Gasteiger partial charge in [-0.25, -0.2) is 4.79 Å². The number of nitrogens with one attached hydrogen (secondary N) is 3. The van der Waals surface area contributed by atoms with Crippen LogP contribution in [0.4, 0.5) is 4.79 Å². The molecule has 17 heavy (non-hydrogen) atoms. The van der Waals surface area contributed by atoms with Crippen molar-refractivity contribution in [3.63, 3.8) is 0 Å². The summed E-state index contributed by atoms with van der Waals surface area (Å²) in [6.07, 6.45) is 0.832. The van der Waals surface area contributed by atoms with Crippen molar-refractivity contribution in [2.24, 2.45) is 5.41 Å². The maximum absolute atomic E-state index is 11.7. The van der Waals surface area contributed by atoms with Gasteiger partial charge in [0.25, 0.3) is 0 Å². The Morgan fingerprint density at radius 1 is 1.41 bits per heavy atom. The minimum atomic E-state index is -0.754. The van der Waals surface area contributed by atoms with Gasteiger partial charge in [-0.2, -0.15) is 0 Å². The number of amides is 4. The number of carbonyl (C=O) groups excluding carboxylic acids is 3. The maximum atomic E-state index is 11.7. The quantitative estimate of drug-likeness (QED) is 0.656. The number of urea groups is 1. The third kappa shape index (κ3) is 4.84. The Hall–Kier alpha value is -1.59. The molecule has 96 valence electrons. The molecule has 0 radical (unpaired) electrons. The topological polar surface area (TPSA) is 87.3 Å². The molecule has 1 atom stereocenters. The van der Waals surface area contributed by atoms with Crippen molar-refractivity contribution in [1.29, 1.82) is 0 Å². The Labute approximate surface area is 101 Å². The average molecular weight is 241 g/mol. The van der Waals surface area contributed by atoms with Gasteiger partial charge in [-0.1, -0.05) is 20.8 Å². The highest BCUT2D eigenvalue weighted by Gasteiger charge is 2.29. The summed E-state index contributed by atoms with van der Waals surface area (Å²) in [6.45, 7) is 6.77. The van der Waals surface area contributed by atoms with Gasteiger partial charge in [0.1, 0.15) is 6.04 Å². The van der Waals surface area contributed by atoms with E-state index in [1.54, 1.807) is 0 Å². The van der Waals surface area contributed by atoms with E-state index in [9.17, 15) is 14.4 Å². The van der Waals surface area contributed by atoms with Gasteiger partial charge in [-0.3, -0.25) is 14.9 Å². The molecule has 1 aliphatic heterocycles. The molecule has 0 aromatic heterocycles. The molecule has 1 rings (SSSR count). The lowest BCUT2D eigenvalue weighted by Gasteiger charge is -2.23. The van der Waals surface area contributed by atoms with E-state index in [2.05, 4.69) is 36.7 Å². The van der Waals surface area contributed by atoms with Gasteiger partial charge in [0.2, 0.25) is 11.8 Å². The molecule has 6 nitrogen and oxygen atoms in total. The third-order valence-corrected chi connectivity index (χ3v) is 2.44. The molecule has 3 N–H and O–H groups in total. The summed E-state index contributed by atoms with van der Waals surface area (Å²) in [5.41, 5.74) is 0.139. The molecule has 0 spiro atoms. The average Bonchev–Trinajstić information content (AvgIpc) is 2.13. The number of carbonyl (C=O) groups is 3. The first-order valence-electron chi connectivity index (χ1n) is 5.66. The second-order valence-electron chi connectivity index (χ2n) is 5.38. The van der Waals surface area contributed by atoms with Gasteiger partial charge in [0, 0.05) is 6.54 Å². The molecule has 0 saturated carbocycles. The molecule has 0 aromatic carbocycles. The van der Waals surface area contributed by atoms with Crippen molar-refractivity contribution in [3.8, 4) is 0 Å². The summed E-state index contributed by atoms with van der Waals surface area (Å²) in [7, 11) is 0. The first-order valence-corrected chi connectivity index (χ1v) is 5.66. The van der Waals surface area contributed by atoms with E-state index in [4.69, 9.17) is 0 Å². The zero-order chi connectivity index (χ0) is 13.1. The van der Waals surface area contributed by atoms with Crippen molar-refractivity contribution in [3.05, 3.63) is 0 Å².